The van der Waals surface area contributed by atoms with Gasteiger partial charge in [-0.15, -0.1) is 24.0 Å². The molecule has 6 nitrogen and oxygen atoms in total. The molecular formula is C21H36IN5O. The molecule has 1 aromatic rings. The molecule has 0 spiro atoms. The first-order valence-electron chi connectivity index (χ1n) is 10.2. The van der Waals surface area contributed by atoms with E-state index in [-0.39, 0.29) is 36.4 Å². The van der Waals surface area contributed by atoms with Crippen LogP contribution in [-0.4, -0.2) is 55.5 Å². The number of carbonyl (C=O) groups excluding carboxylic acids is 1. The van der Waals surface area contributed by atoms with Crippen molar-refractivity contribution in [3.8, 4) is 0 Å². The molecular weight excluding hydrogens is 465 g/mol. The van der Waals surface area contributed by atoms with E-state index in [0.717, 1.165) is 30.5 Å². The van der Waals surface area contributed by atoms with Gasteiger partial charge in [0.1, 0.15) is 0 Å². The molecule has 2 unspecified atom stereocenters. The van der Waals surface area contributed by atoms with Gasteiger partial charge in [-0.3, -0.25) is 14.8 Å². The molecule has 28 heavy (non-hydrogen) atoms. The predicted octanol–water partition coefficient (Wildman–Crippen LogP) is 3.08. The lowest BCUT2D eigenvalue weighted by Gasteiger charge is -2.27. The molecule has 1 fully saturated rings. The Morgan fingerprint density at radius 3 is 2.82 bits per heavy atom. The summed E-state index contributed by atoms with van der Waals surface area (Å²) in [5.41, 5.74) is 1.000. The van der Waals surface area contributed by atoms with Gasteiger partial charge in [0.2, 0.25) is 5.91 Å². The van der Waals surface area contributed by atoms with Gasteiger partial charge in [-0.1, -0.05) is 32.3 Å². The second-order valence-electron chi connectivity index (χ2n) is 7.67. The van der Waals surface area contributed by atoms with E-state index in [1.165, 1.54) is 32.1 Å². The number of aliphatic imine (C=N–C) groups is 1. The number of halogens is 1. The van der Waals surface area contributed by atoms with Gasteiger partial charge in [0.15, 0.2) is 5.96 Å². The number of rotatable bonds is 8. The molecule has 0 bridgehead atoms. The highest BCUT2D eigenvalue weighted by Crippen LogP contribution is 2.30. The van der Waals surface area contributed by atoms with E-state index in [0.29, 0.717) is 12.5 Å². The van der Waals surface area contributed by atoms with Gasteiger partial charge in [-0.25, -0.2) is 0 Å². The molecule has 1 aliphatic rings. The molecule has 1 saturated carbocycles. The first-order chi connectivity index (χ1) is 13.1. The maximum absolute atomic E-state index is 12.3. The highest BCUT2D eigenvalue weighted by Gasteiger charge is 2.18. The van der Waals surface area contributed by atoms with Gasteiger partial charge in [-0.05, 0) is 36.8 Å². The fourth-order valence-corrected chi connectivity index (χ4v) is 3.68. The highest BCUT2D eigenvalue weighted by atomic mass is 127. The third-order valence-corrected chi connectivity index (χ3v) is 5.38. The van der Waals surface area contributed by atoms with E-state index >= 15 is 0 Å². The number of pyridine rings is 1. The lowest BCUT2D eigenvalue weighted by atomic mass is 9.81. The Hall–Kier alpha value is -1.38. The summed E-state index contributed by atoms with van der Waals surface area (Å²) in [6.45, 7) is 4.17. The van der Waals surface area contributed by atoms with Gasteiger partial charge in [-0.2, -0.15) is 0 Å². The largest absolute Gasteiger partial charge is 0.356 e. The van der Waals surface area contributed by atoms with Crippen LogP contribution in [0.3, 0.4) is 0 Å². The third-order valence-electron chi connectivity index (χ3n) is 5.38. The molecule has 1 heterocycles. The van der Waals surface area contributed by atoms with Crippen molar-refractivity contribution in [2.75, 3.05) is 33.7 Å². The Morgan fingerprint density at radius 1 is 1.32 bits per heavy atom. The molecule has 0 saturated heterocycles. The number of nitrogens with one attached hydrogen (secondary N) is 2. The first kappa shape index (κ1) is 24.7. The van der Waals surface area contributed by atoms with Crippen LogP contribution in [0, 0.1) is 11.8 Å². The van der Waals surface area contributed by atoms with Crippen molar-refractivity contribution < 1.29 is 4.79 Å². The molecule has 2 atom stereocenters. The fraction of sp³-hybridized carbons (Fsp3) is 0.667. The summed E-state index contributed by atoms with van der Waals surface area (Å²) in [5.74, 6) is 2.43. The maximum atomic E-state index is 12.3. The van der Waals surface area contributed by atoms with Gasteiger partial charge < -0.3 is 15.5 Å². The molecule has 0 aliphatic heterocycles. The molecule has 0 aromatic carbocycles. The standard InChI is InChI=1S/C21H35N5O.HI/c1-17-7-6-8-18(15-17)10-13-24-21(22-2)25-16-20(27)26(3)14-11-19-9-4-5-12-23-19;/h4-5,9,12,17-18H,6-8,10-11,13-16H2,1-3H3,(H2,22,24,25);1H. The normalized spacial score (nSPS) is 19.5. The minimum Gasteiger partial charge on any atom is -0.356 e. The van der Waals surface area contributed by atoms with E-state index in [4.69, 9.17) is 0 Å². The predicted molar refractivity (Wildman–Crippen MR) is 126 cm³/mol. The quantitative estimate of drug-likeness (QED) is 0.327. The summed E-state index contributed by atoms with van der Waals surface area (Å²) >= 11 is 0. The molecule has 0 radical (unpaired) electrons. The summed E-state index contributed by atoms with van der Waals surface area (Å²) < 4.78 is 0. The monoisotopic (exact) mass is 501 g/mol. The van der Waals surface area contributed by atoms with Crippen molar-refractivity contribution in [2.45, 2.75) is 45.4 Å². The topological polar surface area (TPSA) is 69.6 Å². The first-order valence-corrected chi connectivity index (χ1v) is 10.2. The van der Waals surface area contributed by atoms with Crippen molar-refractivity contribution in [3.63, 3.8) is 0 Å². The van der Waals surface area contributed by atoms with Gasteiger partial charge in [0.25, 0.3) is 0 Å². The van der Waals surface area contributed by atoms with Crippen LogP contribution in [0.15, 0.2) is 29.4 Å². The van der Waals surface area contributed by atoms with Crippen LogP contribution in [0.4, 0.5) is 0 Å². The zero-order valence-corrected chi connectivity index (χ0v) is 19.8. The van der Waals surface area contributed by atoms with Crippen molar-refractivity contribution in [1.29, 1.82) is 0 Å². The van der Waals surface area contributed by atoms with Gasteiger partial charge in [0.05, 0.1) is 6.54 Å². The number of likely N-dealkylation sites (N-methyl/N-ethyl adjacent to an activating group) is 1. The summed E-state index contributed by atoms with van der Waals surface area (Å²) in [4.78, 5) is 22.6. The lowest BCUT2D eigenvalue weighted by Crippen LogP contribution is -2.44. The van der Waals surface area contributed by atoms with Crippen LogP contribution in [0.5, 0.6) is 0 Å². The summed E-state index contributed by atoms with van der Waals surface area (Å²) in [6.07, 6.45) is 9.13. The smallest absolute Gasteiger partial charge is 0.241 e. The average molecular weight is 501 g/mol. The van der Waals surface area contributed by atoms with Crippen LogP contribution in [0.25, 0.3) is 0 Å². The zero-order valence-electron chi connectivity index (χ0n) is 17.5. The van der Waals surface area contributed by atoms with E-state index in [2.05, 4.69) is 27.5 Å². The minimum absolute atomic E-state index is 0. The summed E-state index contributed by atoms with van der Waals surface area (Å²) in [6, 6.07) is 5.85. The highest BCUT2D eigenvalue weighted by molar-refractivity contribution is 14.0. The van der Waals surface area contributed by atoms with Crippen molar-refractivity contribution in [3.05, 3.63) is 30.1 Å². The van der Waals surface area contributed by atoms with Crippen molar-refractivity contribution >= 4 is 35.8 Å². The number of amides is 1. The van der Waals surface area contributed by atoms with Gasteiger partial charge in [0, 0.05) is 45.5 Å². The Balaban J connectivity index is 0.00000392. The molecule has 158 valence electrons. The molecule has 1 aliphatic carbocycles. The molecule has 7 heteroatoms. The number of hydrogen-bond acceptors (Lipinski definition) is 3. The van der Waals surface area contributed by atoms with E-state index < -0.39 is 0 Å². The van der Waals surface area contributed by atoms with Gasteiger partial charge >= 0.3 is 0 Å². The second-order valence-corrected chi connectivity index (χ2v) is 7.67. The van der Waals surface area contributed by atoms with Crippen molar-refractivity contribution in [1.82, 2.24) is 20.5 Å². The SMILES string of the molecule is CN=C(NCCC1CCCC(C)C1)NCC(=O)N(C)CCc1ccccn1.I. The third kappa shape index (κ3) is 9.21. The average Bonchev–Trinajstić information content (AvgIpc) is 2.69. The Kier molecular flexibility index (Phi) is 12.1. The molecule has 2 N–H and O–H groups in total. The molecule has 1 amide bonds. The fourth-order valence-electron chi connectivity index (χ4n) is 3.68. The molecule has 1 aromatic heterocycles. The van der Waals surface area contributed by atoms with Crippen LogP contribution >= 0.6 is 24.0 Å². The Bertz CT molecular complexity index is 596. The maximum Gasteiger partial charge on any atom is 0.241 e. The number of carbonyl (C=O) groups is 1. The second kappa shape index (κ2) is 13.7. The van der Waals surface area contributed by atoms with Crippen LogP contribution < -0.4 is 10.6 Å². The summed E-state index contributed by atoms with van der Waals surface area (Å²) in [5, 5.41) is 6.47. The van der Waals surface area contributed by atoms with E-state index in [9.17, 15) is 4.79 Å². The van der Waals surface area contributed by atoms with E-state index in [1.807, 2.05) is 25.2 Å². The summed E-state index contributed by atoms with van der Waals surface area (Å²) in [7, 11) is 3.57. The van der Waals surface area contributed by atoms with Crippen molar-refractivity contribution in [2.24, 2.45) is 16.8 Å². The van der Waals surface area contributed by atoms with Crippen LogP contribution in [-0.2, 0) is 11.2 Å². The zero-order chi connectivity index (χ0) is 19.5. The lowest BCUT2D eigenvalue weighted by molar-refractivity contribution is -0.128. The number of guanidine groups is 1. The van der Waals surface area contributed by atoms with E-state index in [1.54, 1.807) is 18.1 Å². The number of aromatic nitrogens is 1. The Morgan fingerprint density at radius 2 is 2.14 bits per heavy atom. The van der Waals surface area contributed by atoms with Crippen LogP contribution in [0.2, 0.25) is 0 Å². The Labute approximate surface area is 187 Å². The van der Waals surface area contributed by atoms with Crippen LogP contribution in [0.1, 0.15) is 44.7 Å². The minimum atomic E-state index is 0. The molecule has 2 rings (SSSR count). The number of hydrogen-bond donors (Lipinski definition) is 2. The number of nitrogens with zero attached hydrogens (tertiary/aromatic N) is 3.